The zero-order valence-corrected chi connectivity index (χ0v) is 16.8. The van der Waals surface area contributed by atoms with E-state index in [2.05, 4.69) is 10.3 Å². The molecule has 3 rings (SSSR count). The molecule has 2 heterocycles. The number of aromatic nitrogens is 1. The van der Waals surface area contributed by atoms with Crippen LogP contribution in [-0.2, 0) is 14.8 Å². The molecule has 0 bridgehead atoms. The van der Waals surface area contributed by atoms with Crippen molar-refractivity contribution in [3.8, 4) is 6.07 Å². The van der Waals surface area contributed by atoms with Gasteiger partial charge in [-0.3, -0.25) is 4.79 Å². The fourth-order valence-electron chi connectivity index (χ4n) is 3.11. The lowest BCUT2D eigenvalue weighted by atomic mass is 9.99. The Kier molecular flexibility index (Phi) is 5.98. The average Bonchev–Trinajstić information content (AvgIpc) is 2.68. The van der Waals surface area contributed by atoms with E-state index in [-0.39, 0.29) is 27.9 Å². The molecule has 1 saturated heterocycles. The van der Waals surface area contributed by atoms with Crippen LogP contribution in [0.2, 0.25) is 5.02 Å². The lowest BCUT2D eigenvalue weighted by Crippen LogP contribution is -2.43. The number of pyridine rings is 1. The number of aryl methyl sites for hydroxylation is 1. The van der Waals surface area contributed by atoms with Crippen molar-refractivity contribution in [3.63, 3.8) is 0 Å². The molecular weight excluding hydrogens is 400 g/mol. The van der Waals surface area contributed by atoms with Crippen molar-refractivity contribution in [2.24, 2.45) is 5.92 Å². The number of halogens is 1. The quantitative estimate of drug-likeness (QED) is 0.822. The zero-order chi connectivity index (χ0) is 20.3. The van der Waals surface area contributed by atoms with E-state index in [9.17, 15) is 13.2 Å². The molecule has 146 valence electrons. The van der Waals surface area contributed by atoms with Crippen molar-refractivity contribution in [1.29, 1.82) is 5.26 Å². The van der Waals surface area contributed by atoms with Gasteiger partial charge in [-0.15, -0.1) is 0 Å². The Balaban J connectivity index is 1.76. The summed E-state index contributed by atoms with van der Waals surface area (Å²) in [6, 6.07) is 11.2. The predicted molar refractivity (Wildman–Crippen MR) is 105 cm³/mol. The average molecular weight is 419 g/mol. The van der Waals surface area contributed by atoms with Gasteiger partial charge < -0.3 is 5.32 Å². The molecule has 1 amide bonds. The standard InChI is InChI=1S/C19H19ClN4O3S/c1-13-4-2-6-18(22-13)23-19(25)15-5-3-9-24(12-15)28(26,27)16-8-7-14(11-21)17(20)10-16/h2,4,6-8,10,15H,3,5,9,12H2,1H3,(H,22,23,25). The number of anilines is 1. The van der Waals surface area contributed by atoms with Crippen LogP contribution in [0.15, 0.2) is 41.3 Å². The maximum Gasteiger partial charge on any atom is 0.243 e. The first-order chi connectivity index (χ1) is 13.3. The third-order valence-electron chi connectivity index (χ3n) is 4.59. The first kappa shape index (κ1) is 20.3. The Morgan fingerprint density at radius 3 is 2.82 bits per heavy atom. The van der Waals surface area contributed by atoms with Crippen LogP contribution in [-0.4, -0.2) is 36.7 Å². The van der Waals surface area contributed by atoms with Crippen molar-refractivity contribution >= 4 is 33.3 Å². The highest BCUT2D eigenvalue weighted by Crippen LogP contribution is 2.27. The SMILES string of the molecule is Cc1cccc(NC(=O)C2CCCN(S(=O)(=O)c3ccc(C#N)c(Cl)c3)C2)n1. The van der Waals surface area contributed by atoms with E-state index < -0.39 is 15.9 Å². The summed E-state index contributed by atoms with van der Waals surface area (Å²) in [7, 11) is -3.81. The number of benzene rings is 1. The van der Waals surface area contributed by atoms with Crippen molar-refractivity contribution in [2.75, 3.05) is 18.4 Å². The second-order valence-corrected chi connectivity index (χ2v) is 8.95. The molecular formula is C19H19ClN4O3S. The Morgan fingerprint density at radius 2 is 2.14 bits per heavy atom. The fraction of sp³-hybridized carbons (Fsp3) is 0.316. The van der Waals surface area contributed by atoms with E-state index in [0.29, 0.717) is 25.2 Å². The van der Waals surface area contributed by atoms with Gasteiger partial charge in [-0.05, 0) is 50.1 Å². The summed E-state index contributed by atoms with van der Waals surface area (Å²) >= 11 is 5.98. The molecule has 0 aliphatic carbocycles. The highest BCUT2D eigenvalue weighted by Gasteiger charge is 2.33. The summed E-state index contributed by atoms with van der Waals surface area (Å²) in [6.07, 6.45) is 1.17. The molecule has 1 aromatic carbocycles. The second kappa shape index (κ2) is 8.27. The van der Waals surface area contributed by atoms with E-state index in [0.717, 1.165) is 5.69 Å². The molecule has 1 atom stereocenters. The summed E-state index contributed by atoms with van der Waals surface area (Å²) in [5, 5.41) is 11.8. The number of carbonyl (C=O) groups is 1. The van der Waals surface area contributed by atoms with Crippen LogP contribution in [0.3, 0.4) is 0 Å². The van der Waals surface area contributed by atoms with E-state index in [1.165, 1.54) is 22.5 Å². The number of nitrogens with zero attached hydrogens (tertiary/aromatic N) is 3. The summed E-state index contributed by atoms with van der Waals surface area (Å²) in [6.45, 7) is 2.23. The van der Waals surface area contributed by atoms with E-state index in [4.69, 9.17) is 16.9 Å². The van der Waals surface area contributed by atoms with Gasteiger partial charge in [0, 0.05) is 18.8 Å². The van der Waals surface area contributed by atoms with Crippen LogP contribution in [0.25, 0.3) is 0 Å². The third-order valence-corrected chi connectivity index (χ3v) is 6.77. The van der Waals surface area contributed by atoms with Gasteiger partial charge in [0.15, 0.2) is 0 Å². The lowest BCUT2D eigenvalue weighted by Gasteiger charge is -2.31. The highest BCUT2D eigenvalue weighted by molar-refractivity contribution is 7.89. The van der Waals surface area contributed by atoms with Gasteiger partial charge in [0.1, 0.15) is 11.9 Å². The molecule has 1 aliphatic rings. The molecule has 1 aromatic heterocycles. The Bertz CT molecular complexity index is 1050. The number of rotatable bonds is 4. The number of sulfonamides is 1. The van der Waals surface area contributed by atoms with Crippen molar-refractivity contribution in [2.45, 2.75) is 24.7 Å². The summed E-state index contributed by atoms with van der Waals surface area (Å²) < 4.78 is 27.2. The van der Waals surface area contributed by atoms with Gasteiger partial charge in [0.25, 0.3) is 0 Å². The molecule has 7 nitrogen and oxygen atoms in total. The molecule has 0 spiro atoms. The van der Waals surface area contributed by atoms with Crippen LogP contribution in [0.5, 0.6) is 0 Å². The molecule has 9 heteroatoms. The molecule has 1 N–H and O–H groups in total. The van der Waals surface area contributed by atoms with Gasteiger partial charge >= 0.3 is 0 Å². The Hall–Kier alpha value is -2.47. The first-order valence-electron chi connectivity index (χ1n) is 8.75. The molecule has 1 aliphatic heterocycles. The van der Waals surface area contributed by atoms with Crippen LogP contribution in [0, 0.1) is 24.2 Å². The van der Waals surface area contributed by atoms with Crippen molar-refractivity contribution < 1.29 is 13.2 Å². The topological polar surface area (TPSA) is 103 Å². The molecule has 28 heavy (non-hydrogen) atoms. The molecule has 1 fully saturated rings. The first-order valence-corrected chi connectivity index (χ1v) is 10.6. The zero-order valence-electron chi connectivity index (χ0n) is 15.2. The van der Waals surface area contributed by atoms with Gasteiger partial charge in [-0.2, -0.15) is 9.57 Å². The van der Waals surface area contributed by atoms with E-state index in [1.807, 2.05) is 19.1 Å². The largest absolute Gasteiger partial charge is 0.310 e. The lowest BCUT2D eigenvalue weighted by molar-refractivity contribution is -0.120. The Labute approximate surface area is 169 Å². The normalized spacial score (nSPS) is 17.7. The van der Waals surface area contributed by atoms with Crippen LogP contribution in [0.4, 0.5) is 5.82 Å². The number of hydrogen-bond donors (Lipinski definition) is 1. The molecule has 0 saturated carbocycles. The van der Waals surface area contributed by atoms with E-state index >= 15 is 0 Å². The number of carbonyl (C=O) groups excluding carboxylic acids is 1. The smallest absolute Gasteiger partial charge is 0.243 e. The number of nitriles is 1. The van der Waals surface area contributed by atoms with Gasteiger partial charge in [-0.1, -0.05) is 17.7 Å². The monoisotopic (exact) mass is 418 g/mol. The minimum absolute atomic E-state index is 0.0120. The van der Waals surface area contributed by atoms with Gasteiger partial charge in [0.2, 0.25) is 15.9 Å². The third kappa shape index (κ3) is 4.33. The fourth-order valence-corrected chi connectivity index (χ4v) is 4.95. The van der Waals surface area contributed by atoms with Gasteiger partial charge in [-0.25, -0.2) is 13.4 Å². The van der Waals surface area contributed by atoms with Crippen LogP contribution >= 0.6 is 11.6 Å². The number of nitrogens with one attached hydrogen (secondary N) is 1. The van der Waals surface area contributed by atoms with Crippen LogP contribution < -0.4 is 5.32 Å². The second-order valence-electron chi connectivity index (χ2n) is 6.61. The molecule has 0 radical (unpaired) electrons. The molecule has 1 unspecified atom stereocenters. The van der Waals surface area contributed by atoms with Crippen LogP contribution in [0.1, 0.15) is 24.1 Å². The summed E-state index contributed by atoms with van der Waals surface area (Å²) in [5.41, 5.74) is 0.991. The summed E-state index contributed by atoms with van der Waals surface area (Å²) in [5.74, 6) is -0.278. The maximum atomic E-state index is 13.0. The minimum Gasteiger partial charge on any atom is -0.310 e. The number of amides is 1. The van der Waals surface area contributed by atoms with Gasteiger partial charge in [0.05, 0.1) is 21.4 Å². The number of hydrogen-bond acceptors (Lipinski definition) is 5. The maximum absolute atomic E-state index is 13.0. The number of piperidine rings is 1. The minimum atomic E-state index is -3.81. The van der Waals surface area contributed by atoms with Crippen molar-refractivity contribution in [1.82, 2.24) is 9.29 Å². The summed E-state index contributed by atoms with van der Waals surface area (Å²) in [4.78, 5) is 16.9. The predicted octanol–water partition coefficient (Wildman–Crippen LogP) is 2.95. The highest BCUT2D eigenvalue weighted by atomic mass is 35.5. The van der Waals surface area contributed by atoms with Crippen molar-refractivity contribution in [3.05, 3.63) is 52.7 Å². The van der Waals surface area contributed by atoms with E-state index in [1.54, 1.807) is 12.1 Å². The molecule has 2 aromatic rings. The Morgan fingerprint density at radius 1 is 1.36 bits per heavy atom.